The first-order valence-electron chi connectivity index (χ1n) is 6.58. The molecule has 1 saturated heterocycles. The van der Waals surface area contributed by atoms with Crippen molar-refractivity contribution in [1.29, 1.82) is 0 Å². The number of esters is 1. The fraction of sp³-hybridized carbons (Fsp3) is 0.727. The van der Waals surface area contributed by atoms with E-state index in [2.05, 4.69) is 15.3 Å². The van der Waals surface area contributed by atoms with Gasteiger partial charge in [0.15, 0.2) is 17.6 Å². The van der Waals surface area contributed by atoms with Gasteiger partial charge in [-0.3, -0.25) is 4.79 Å². The second-order valence-electron chi connectivity index (χ2n) is 5.43. The molecule has 3 heterocycles. The van der Waals surface area contributed by atoms with Crippen LogP contribution in [0.3, 0.4) is 0 Å². The molecule has 10 heteroatoms. The maximum absolute atomic E-state index is 11.0. The average Bonchev–Trinajstić information content (AvgIpc) is 2.85. The minimum Gasteiger partial charge on any atom is -0.464 e. The standard InChI is InChI=1S/C11H18N6O4/c1-5(18)21-4-6-7-11(16-8(12)15-7)10(19,20)2-3-17(11)9(13)14-6/h6-7,19-20H,2-4H2,1H3,(H2,13,14)(H3,12,15,16)/t6-,7-,11-/m0/s1. The Morgan fingerprint density at radius 1 is 1.52 bits per heavy atom. The summed E-state index contributed by atoms with van der Waals surface area (Å²) in [5.74, 6) is -2.35. The zero-order chi connectivity index (χ0) is 15.4. The summed E-state index contributed by atoms with van der Waals surface area (Å²) >= 11 is 0. The van der Waals surface area contributed by atoms with Gasteiger partial charge in [0.25, 0.3) is 0 Å². The lowest BCUT2D eigenvalue weighted by atomic mass is 9.87. The molecule has 3 aliphatic rings. The van der Waals surface area contributed by atoms with Gasteiger partial charge in [0, 0.05) is 19.9 Å². The van der Waals surface area contributed by atoms with Gasteiger partial charge in [-0.05, 0) is 0 Å². The highest BCUT2D eigenvalue weighted by atomic mass is 16.5. The number of carbonyl (C=O) groups is 1. The van der Waals surface area contributed by atoms with Crippen LogP contribution in [-0.4, -0.2) is 69.7 Å². The molecule has 0 aromatic heterocycles. The van der Waals surface area contributed by atoms with E-state index in [4.69, 9.17) is 16.2 Å². The number of aliphatic imine (C=N–C) groups is 2. The van der Waals surface area contributed by atoms with Crippen LogP contribution in [0.5, 0.6) is 0 Å². The number of nitrogens with zero attached hydrogens (tertiary/aromatic N) is 3. The summed E-state index contributed by atoms with van der Waals surface area (Å²) in [6.07, 6.45) is 0.0653. The fourth-order valence-electron chi connectivity index (χ4n) is 3.26. The van der Waals surface area contributed by atoms with Gasteiger partial charge in [-0.15, -0.1) is 0 Å². The number of hydrogen-bond donors (Lipinski definition) is 5. The monoisotopic (exact) mass is 298 g/mol. The summed E-state index contributed by atoms with van der Waals surface area (Å²) in [6, 6.07) is -1.36. The molecule has 1 spiro atoms. The van der Waals surface area contributed by atoms with E-state index in [0.717, 1.165) is 0 Å². The van der Waals surface area contributed by atoms with Crippen LogP contribution >= 0.6 is 0 Å². The van der Waals surface area contributed by atoms with Crippen LogP contribution in [0, 0.1) is 0 Å². The molecule has 3 aliphatic heterocycles. The molecule has 1 fully saturated rings. The van der Waals surface area contributed by atoms with Gasteiger partial charge in [0.1, 0.15) is 18.7 Å². The minimum atomic E-state index is -2.09. The van der Waals surface area contributed by atoms with Gasteiger partial charge in [-0.1, -0.05) is 0 Å². The van der Waals surface area contributed by atoms with E-state index in [1.807, 2.05) is 0 Å². The number of hydrogen-bond acceptors (Lipinski definition) is 10. The van der Waals surface area contributed by atoms with Crippen molar-refractivity contribution in [2.75, 3.05) is 13.2 Å². The molecule has 7 N–H and O–H groups in total. The van der Waals surface area contributed by atoms with Crippen molar-refractivity contribution < 1.29 is 19.7 Å². The maximum Gasteiger partial charge on any atom is 0.302 e. The largest absolute Gasteiger partial charge is 0.464 e. The molecule has 3 atom stereocenters. The van der Waals surface area contributed by atoms with E-state index < -0.39 is 29.5 Å². The Morgan fingerprint density at radius 3 is 2.90 bits per heavy atom. The molecule has 0 bridgehead atoms. The van der Waals surface area contributed by atoms with Crippen molar-refractivity contribution in [3.63, 3.8) is 0 Å². The summed E-state index contributed by atoms with van der Waals surface area (Å²) in [7, 11) is 0. The summed E-state index contributed by atoms with van der Waals surface area (Å²) in [6.45, 7) is 1.51. The van der Waals surface area contributed by atoms with Crippen LogP contribution in [0.15, 0.2) is 9.98 Å². The van der Waals surface area contributed by atoms with Gasteiger partial charge in [-0.25, -0.2) is 9.98 Å². The van der Waals surface area contributed by atoms with Gasteiger partial charge in [0.05, 0.1) is 0 Å². The minimum absolute atomic E-state index is 0.0647. The Morgan fingerprint density at radius 2 is 2.24 bits per heavy atom. The Kier molecular flexibility index (Phi) is 2.79. The van der Waals surface area contributed by atoms with Crippen LogP contribution in [0.2, 0.25) is 0 Å². The Bertz CT molecular complexity index is 547. The molecular weight excluding hydrogens is 280 g/mol. The van der Waals surface area contributed by atoms with E-state index in [1.54, 1.807) is 4.90 Å². The molecule has 0 aliphatic carbocycles. The summed E-state index contributed by atoms with van der Waals surface area (Å²) in [5.41, 5.74) is 10.3. The third kappa shape index (κ3) is 1.75. The van der Waals surface area contributed by atoms with Crippen LogP contribution in [-0.2, 0) is 9.53 Å². The lowest BCUT2D eigenvalue weighted by Crippen LogP contribution is -2.76. The summed E-state index contributed by atoms with van der Waals surface area (Å²) < 4.78 is 4.97. The smallest absolute Gasteiger partial charge is 0.302 e. The van der Waals surface area contributed by atoms with E-state index in [0.29, 0.717) is 6.54 Å². The molecular formula is C11H18N6O4. The van der Waals surface area contributed by atoms with Gasteiger partial charge >= 0.3 is 5.97 Å². The molecule has 0 unspecified atom stereocenters. The van der Waals surface area contributed by atoms with Gasteiger partial charge in [-0.2, -0.15) is 0 Å². The number of nitrogens with one attached hydrogen (secondary N) is 1. The third-order valence-electron chi connectivity index (χ3n) is 4.14. The number of rotatable bonds is 2. The molecule has 10 nitrogen and oxygen atoms in total. The number of carbonyl (C=O) groups excluding carboxylic acids is 1. The van der Waals surface area contributed by atoms with Crippen molar-refractivity contribution in [3.8, 4) is 0 Å². The van der Waals surface area contributed by atoms with Crippen LogP contribution < -0.4 is 16.8 Å². The molecule has 21 heavy (non-hydrogen) atoms. The molecule has 3 rings (SSSR count). The molecule has 0 radical (unpaired) electrons. The quantitative estimate of drug-likeness (QED) is 0.261. The molecule has 116 valence electrons. The van der Waals surface area contributed by atoms with Crippen LogP contribution in [0.25, 0.3) is 0 Å². The highest BCUT2D eigenvalue weighted by Gasteiger charge is 2.69. The number of aliphatic hydroxyl groups is 2. The number of guanidine groups is 2. The normalized spacial score (nSPS) is 36.2. The highest BCUT2D eigenvalue weighted by Crippen LogP contribution is 2.44. The molecule has 0 amide bonds. The Labute approximate surface area is 120 Å². The fourth-order valence-corrected chi connectivity index (χ4v) is 3.26. The van der Waals surface area contributed by atoms with Crippen molar-refractivity contribution in [3.05, 3.63) is 0 Å². The Balaban J connectivity index is 2.01. The lowest BCUT2D eigenvalue weighted by Gasteiger charge is -2.48. The molecule has 0 aromatic rings. The first kappa shape index (κ1) is 13.9. The maximum atomic E-state index is 11.0. The van der Waals surface area contributed by atoms with Crippen molar-refractivity contribution in [2.24, 2.45) is 21.5 Å². The second kappa shape index (κ2) is 4.21. The summed E-state index contributed by atoms with van der Waals surface area (Å²) in [5, 5.41) is 23.6. The Hall–Kier alpha value is -2.07. The van der Waals surface area contributed by atoms with E-state index in [1.165, 1.54) is 6.92 Å². The number of ether oxygens (including phenoxy) is 1. The zero-order valence-electron chi connectivity index (χ0n) is 11.5. The predicted octanol–water partition coefficient (Wildman–Crippen LogP) is -3.38. The van der Waals surface area contributed by atoms with Gasteiger partial charge in [0.2, 0.25) is 5.79 Å². The second-order valence-corrected chi connectivity index (χ2v) is 5.43. The van der Waals surface area contributed by atoms with Crippen molar-refractivity contribution in [2.45, 2.75) is 36.9 Å². The first-order chi connectivity index (χ1) is 9.78. The zero-order valence-corrected chi connectivity index (χ0v) is 11.5. The first-order valence-corrected chi connectivity index (χ1v) is 6.58. The van der Waals surface area contributed by atoms with Crippen LogP contribution in [0.1, 0.15) is 13.3 Å². The highest BCUT2D eigenvalue weighted by molar-refractivity contribution is 5.87. The number of nitrogens with two attached hydrogens (primary N) is 2. The van der Waals surface area contributed by atoms with Crippen LogP contribution in [0.4, 0.5) is 0 Å². The molecule has 0 aromatic carbocycles. The molecule has 0 saturated carbocycles. The SMILES string of the molecule is CC(=O)OC[C@@H]1N=C(N)N2CCC(O)(O)[C@@]23NC(N)=N[C@@H]13. The lowest BCUT2D eigenvalue weighted by molar-refractivity contribution is -0.221. The van der Waals surface area contributed by atoms with Gasteiger partial charge < -0.3 is 36.6 Å². The van der Waals surface area contributed by atoms with Crippen molar-refractivity contribution >= 4 is 17.9 Å². The van der Waals surface area contributed by atoms with E-state index >= 15 is 0 Å². The van der Waals surface area contributed by atoms with E-state index in [-0.39, 0.29) is 24.9 Å². The average molecular weight is 298 g/mol. The topological polar surface area (TPSA) is 159 Å². The summed E-state index contributed by atoms with van der Waals surface area (Å²) in [4.78, 5) is 21.0. The predicted molar refractivity (Wildman–Crippen MR) is 71.8 cm³/mol. The van der Waals surface area contributed by atoms with E-state index in [9.17, 15) is 15.0 Å². The van der Waals surface area contributed by atoms with Crippen molar-refractivity contribution in [1.82, 2.24) is 10.2 Å². The third-order valence-corrected chi connectivity index (χ3v) is 4.14.